The Labute approximate surface area is 134 Å². The van der Waals surface area contributed by atoms with Crippen LogP contribution in [0.2, 0.25) is 0 Å². The van der Waals surface area contributed by atoms with Crippen molar-refractivity contribution in [3.05, 3.63) is 64.0 Å². The maximum absolute atomic E-state index is 13.6. The summed E-state index contributed by atoms with van der Waals surface area (Å²) in [6, 6.07) is 12.3. The van der Waals surface area contributed by atoms with Crippen LogP contribution < -0.4 is 0 Å². The second-order valence-electron chi connectivity index (χ2n) is 5.15. The second kappa shape index (κ2) is 6.03. The molecular formula is C17H15FN2OSe. The van der Waals surface area contributed by atoms with Gasteiger partial charge in [0.25, 0.3) is 0 Å². The Morgan fingerprint density at radius 2 is 2.05 bits per heavy atom. The Morgan fingerprint density at radius 3 is 2.73 bits per heavy atom. The summed E-state index contributed by atoms with van der Waals surface area (Å²) >= 11 is -0.0530. The fourth-order valence-electron chi connectivity index (χ4n) is 2.37. The molecule has 0 atom stereocenters. The molecule has 0 spiro atoms. The topological polar surface area (TPSA) is 34.9 Å². The summed E-state index contributed by atoms with van der Waals surface area (Å²) in [6.07, 6.45) is 0.117. The molecule has 2 aromatic heterocycles. The zero-order chi connectivity index (χ0) is 15.7. The number of carbonyl (C=O) groups is 1. The third kappa shape index (κ3) is 2.96. The van der Waals surface area contributed by atoms with Crippen LogP contribution in [0.3, 0.4) is 0 Å². The third-order valence-electron chi connectivity index (χ3n) is 3.44. The van der Waals surface area contributed by atoms with Crippen molar-refractivity contribution in [3.8, 4) is 10.1 Å². The van der Waals surface area contributed by atoms with Crippen molar-refractivity contribution >= 4 is 20.3 Å². The van der Waals surface area contributed by atoms with E-state index in [1.54, 1.807) is 18.2 Å². The van der Waals surface area contributed by atoms with E-state index in [2.05, 4.69) is 5.10 Å². The molecular weight excluding hydrogens is 346 g/mol. The molecule has 3 aromatic rings. The van der Waals surface area contributed by atoms with Gasteiger partial charge >= 0.3 is 134 Å². The van der Waals surface area contributed by atoms with Crippen molar-refractivity contribution in [1.82, 2.24) is 9.78 Å². The van der Waals surface area contributed by atoms with E-state index in [9.17, 15) is 9.18 Å². The van der Waals surface area contributed by atoms with E-state index in [0.29, 0.717) is 5.56 Å². The van der Waals surface area contributed by atoms with E-state index >= 15 is 0 Å². The SMILES string of the molecule is Cc1cc(-c2ccc(C(=O)Cc3ccccc3F)[se]2)n(C)n1. The van der Waals surface area contributed by atoms with Crippen LogP contribution in [0.25, 0.3) is 10.1 Å². The van der Waals surface area contributed by atoms with Crippen molar-refractivity contribution in [2.45, 2.75) is 13.3 Å². The van der Waals surface area contributed by atoms with Gasteiger partial charge in [-0.25, -0.2) is 0 Å². The number of rotatable bonds is 4. The minimum atomic E-state index is -0.322. The number of hydrogen-bond donors (Lipinski definition) is 0. The van der Waals surface area contributed by atoms with Crippen LogP contribution in [0, 0.1) is 12.7 Å². The van der Waals surface area contributed by atoms with Gasteiger partial charge in [0, 0.05) is 0 Å². The van der Waals surface area contributed by atoms with E-state index < -0.39 is 0 Å². The number of Topliss-reactive ketones (excluding diaryl/α,β-unsaturated/α-hetero) is 1. The molecule has 0 aliphatic rings. The minimum absolute atomic E-state index is 0.00441. The molecule has 22 heavy (non-hydrogen) atoms. The van der Waals surface area contributed by atoms with Gasteiger partial charge in [0.2, 0.25) is 0 Å². The molecule has 0 aliphatic carbocycles. The monoisotopic (exact) mass is 362 g/mol. The van der Waals surface area contributed by atoms with Gasteiger partial charge in [0.1, 0.15) is 0 Å². The normalized spacial score (nSPS) is 10.9. The van der Waals surface area contributed by atoms with Crippen LogP contribution >= 0.6 is 0 Å². The molecule has 0 bridgehead atoms. The molecule has 0 unspecified atom stereocenters. The van der Waals surface area contributed by atoms with Gasteiger partial charge in [0.05, 0.1) is 0 Å². The number of benzene rings is 1. The molecule has 0 fully saturated rings. The van der Waals surface area contributed by atoms with Crippen molar-refractivity contribution in [1.29, 1.82) is 0 Å². The summed E-state index contributed by atoms with van der Waals surface area (Å²) in [5.74, 6) is -0.326. The summed E-state index contributed by atoms with van der Waals surface area (Å²) < 4.78 is 17.4. The Bertz CT molecular complexity index is 835. The quantitative estimate of drug-likeness (QED) is 0.529. The predicted molar refractivity (Wildman–Crippen MR) is 84.8 cm³/mol. The van der Waals surface area contributed by atoms with E-state index in [4.69, 9.17) is 0 Å². The number of nitrogens with zero attached hydrogens (tertiary/aromatic N) is 2. The summed E-state index contributed by atoms with van der Waals surface area (Å²) in [7, 11) is 1.90. The Morgan fingerprint density at radius 1 is 1.27 bits per heavy atom. The van der Waals surface area contributed by atoms with Gasteiger partial charge in [-0.05, 0) is 0 Å². The number of aryl methyl sites for hydroxylation is 2. The van der Waals surface area contributed by atoms with E-state index in [-0.39, 0.29) is 32.5 Å². The van der Waals surface area contributed by atoms with E-state index in [0.717, 1.165) is 20.3 Å². The van der Waals surface area contributed by atoms with Crippen molar-refractivity contribution in [2.24, 2.45) is 7.05 Å². The van der Waals surface area contributed by atoms with Crippen LogP contribution in [0.15, 0.2) is 42.5 Å². The molecule has 0 aliphatic heterocycles. The van der Waals surface area contributed by atoms with Crippen LogP contribution in [-0.4, -0.2) is 30.1 Å². The zero-order valence-corrected chi connectivity index (χ0v) is 14.1. The van der Waals surface area contributed by atoms with Crippen molar-refractivity contribution < 1.29 is 9.18 Å². The van der Waals surface area contributed by atoms with Crippen LogP contribution in [-0.2, 0) is 13.5 Å². The van der Waals surface area contributed by atoms with Gasteiger partial charge in [0.15, 0.2) is 0 Å². The number of halogens is 1. The maximum atomic E-state index is 13.6. The summed E-state index contributed by atoms with van der Waals surface area (Å²) in [4.78, 5) is 12.4. The second-order valence-corrected chi connectivity index (χ2v) is 7.42. The molecule has 112 valence electrons. The Hall–Kier alpha value is -1.97. The van der Waals surface area contributed by atoms with Gasteiger partial charge in [-0.15, -0.1) is 0 Å². The molecule has 0 N–H and O–H groups in total. The van der Waals surface area contributed by atoms with E-state index in [1.165, 1.54) is 6.07 Å². The number of ketones is 1. The van der Waals surface area contributed by atoms with Crippen LogP contribution in [0.5, 0.6) is 0 Å². The zero-order valence-electron chi connectivity index (χ0n) is 12.3. The third-order valence-corrected chi connectivity index (χ3v) is 5.85. The summed E-state index contributed by atoms with van der Waals surface area (Å²) in [5.41, 5.74) is 2.46. The van der Waals surface area contributed by atoms with E-state index in [1.807, 2.05) is 36.9 Å². The molecule has 3 nitrogen and oxygen atoms in total. The summed E-state index contributed by atoms with van der Waals surface area (Å²) in [6.45, 7) is 1.95. The fourth-order valence-corrected chi connectivity index (χ4v) is 4.45. The molecule has 3 rings (SSSR count). The molecule has 0 amide bonds. The Balaban J connectivity index is 1.83. The molecule has 5 heteroatoms. The molecule has 1 aromatic carbocycles. The van der Waals surface area contributed by atoms with Crippen LogP contribution in [0.1, 0.15) is 20.5 Å². The molecule has 0 saturated heterocycles. The number of carbonyl (C=O) groups excluding carboxylic acids is 1. The van der Waals surface area contributed by atoms with Gasteiger partial charge < -0.3 is 0 Å². The number of aromatic nitrogens is 2. The summed E-state index contributed by atoms with van der Waals surface area (Å²) in [5, 5.41) is 4.33. The van der Waals surface area contributed by atoms with Crippen molar-refractivity contribution in [2.75, 3.05) is 0 Å². The standard InChI is InChI=1S/C17H15FN2OSe/c1-11-9-14(20(2)19-11)16-7-8-17(22-16)15(21)10-12-5-3-4-6-13(12)18/h3-9H,10H2,1-2H3. The van der Waals surface area contributed by atoms with Crippen molar-refractivity contribution in [3.63, 3.8) is 0 Å². The first-order chi connectivity index (χ1) is 10.5. The first kappa shape index (κ1) is 14.9. The molecule has 0 saturated carbocycles. The molecule has 0 radical (unpaired) electrons. The average molecular weight is 361 g/mol. The van der Waals surface area contributed by atoms with Gasteiger partial charge in [-0.1, -0.05) is 0 Å². The van der Waals surface area contributed by atoms with Crippen LogP contribution in [0.4, 0.5) is 4.39 Å². The van der Waals surface area contributed by atoms with Gasteiger partial charge in [-0.3, -0.25) is 0 Å². The average Bonchev–Trinajstić information content (AvgIpc) is 3.08. The number of hydrogen-bond acceptors (Lipinski definition) is 2. The predicted octanol–water partition coefficient (Wildman–Crippen LogP) is 3.02. The fraction of sp³-hybridized carbons (Fsp3) is 0.176. The van der Waals surface area contributed by atoms with Gasteiger partial charge in [-0.2, -0.15) is 0 Å². The Kier molecular flexibility index (Phi) is 4.10. The first-order valence-electron chi connectivity index (χ1n) is 6.92. The first-order valence-corrected chi connectivity index (χ1v) is 8.63. The molecule has 2 heterocycles.